The number of hydrogen-bond donors (Lipinski definition) is 1. The summed E-state index contributed by atoms with van der Waals surface area (Å²) in [5.74, 6) is 0. The number of hydrogen-bond acceptors (Lipinski definition) is 2. The zero-order valence-corrected chi connectivity index (χ0v) is 15.8. The van der Waals surface area contributed by atoms with Crippen LogP contribution in [0.2, 0.25) is 0 Å². The molecule has 5 heteroatoms. The molecule has 0 spiro atoms. The fourth-order valence-electron chi connectivity index (χ4n) is 2.35. The molecule has 1 heterocycles. The van der Waals surface area contributed by atoms with Gasteiger partial charge in [0.1, 0.15) is 6.54 Å². The average Bonchev–Trinajstić information content (AvgIpc) is 2.89. The van der Waals surface area contributed by atoms with Gasteiger partial charge in [-0.15, -0.1) is 4.68 Å². The molecule has 0 aliphatic rings. The average molecular weight is 409 g/mol. The molecule has 0 saturated carbocycles. The monoisotopic (exact) mass is 409 g/mol. The van der Waals surface area contributed by atoms with Crippen LogP contribution in [0.25, 0.3) is 0 Å². The van der Waals surface area contributed by atoms with Crippen LogP contribution in [0, 0.1) is 0 Å². The molecule has 1 aromatic heterocycles. The first-order valence-electron chi connectivity index (χ1n) is 8.35. The van der Waals surface area contributed by atoms with Crippen LogP contribution in [0.1, 0.15) is 71.6 Å². The maximum atomic E-state index is 9.59. The number of rotatable bonds is 12. The number of aliphatic hydroxyl groups is 1. The summed E-state index contributed by atoms with van der Waals surface area (Å²) in [6.07, 6.45) is 15.1. The van der Waals surface area contributed by atoms with E-state index in [1.165, 1.54) is 51.4 Å². The third-order valence-corrected chi connectivity index (χ3v) is 3.77. The van der Waals surface area contributed by atoms with E-state index >= 15 is 0 Å². The molecule has 0 unspecified atom stereocenters. The van der Waals surface area contributed by atoms with E-state index in [1.54, 1.807) is 0 Å². The van der Waals surface area contributed by atoms with Crippen molar-refractivity contribution < 1.29 is 33.7 Å². The normalized spacial score (nSPS) is 12.1. The van der Waals surface area contributed by atoms with Crippen molar-refractivity contribution in [3.8, 4) is 0 Å². The zero-order chi connectivity index (χ0) is 14.6. The van der Waals surface area contributed by atoms with Crippen LogP contribution in [0.15, 0.2) is 12.7 Å². The molecule has 0 amide bonds. The van der Waals surface area contributed by atoms with Crippen LogP contribution in [0.4, 0.5) is 0 Å². The first-order valence-corrected chi connectivity index (χ1v) is 8.35. The number of nitrogens with zero attached hydrogens (tertiary/aromatic N) is 3. The summed E-state index contributed by atoms with van der Waals surface area (Å²) < 4.78 is 3.96. The zero-order valence-electron chi connectivity index (χ0n) is 13.7. The summed E-state index contributed by atoms with van der Waals surface area (Å²) in [5, 5.41) is 13.9. The molecule has 21 heavy (non-hydrogen) atoms. The maximum absolute atomic E-state index is 9.59. The van der Waals surface area contributed by atoms with Crippen molar-refractivity contribution in [1.29, 1.82) is 0 Å². The van der Waals surface area contributed by atoms with E-state index < -0.39 is 0 Å². The lowest BCUT2D eigenvalue weighted by Gasteiger charge is -2.01. The molecule has 0 aromatic carbocycles. The summed E-state index contributed by atoms with van der Waals surface area (Å²) in [6, 6.07) is 0. The van der Waals surface area contributed by atoms with Crippen molar-refractivity contribution in [3.05, 3.63) is 12.7 Å². The lowest BCUT2D eigenvalue weighted by molar-refractivity contribution is -0.698. The lowest BCUT2D eigenvalue weighted by Crippen LogP contribution is -3.00. The SMILES string of the molecule is CCCCCCCCCC[n+]1cnn(C[C@@H](O)CC)c1.[I-]. The molecule has 0 radical (unpaired) electrons. The molecular formula is C16H32IN3O. The predicted molar refractivity (Wildman–Crippen MR) is 81.3 cm³/mol. The second-order valence-electron chi connectivity index (χ2n) is 5.74. The lowest BCUT2D eigenvalue weighted by atomic mass is 10.1. The highest BCUT2D eigenvalue weighted by molar-refractivity contribution is 4.54. The summed E-state index contributed by atoms with van der Waals surface area (Å²) in [6.45, 7) is 5.89. The highest BCUT2D eigenvalue weighted by Crippen LogP contribution is 2.08. The molecule has 0 aliphatic carbocycles. The highest BCUT2D eigenvalue weighted by Gasteiger charge is 2.09. The number of halogens is 1. The van der Waals surface area contributed by atoms with E-state index in [0.29, 0.717) is 6.54 Å². The van der Waals surface area contributed by atoms with Gasteiger partial charge >= 0.3 is 0 Å². The third-order valence-electron chi connectivity index (χ3n) is 3.77. The van der Waals surface area contributed by atoms with Crippen LogP contribution in [0.5, 0.6) is 0 Å². The molecule has 124 valence electrons. The molecule has 4 nitrogen and oxygen atoms in total. The van der Waals surface area contributed by atoms with Crippen molar-refractivity contribution in [2.45, 2.75) is 90.8 Å². The summed E-state index contributed by atoms with van der Waals surface area (Å²) in [5.41, 5.74) is 0. The topological polar surface area (TPSA) is 41.9 Å². The molecule has 1 N–H and O–H groups in total. The molecule has 0 bridgehead atoms. The van der Waals surface area contributed by atoms with Gasteiger partial charge in [0.25, 0.3) is 6.33 Å². The number of aryl methyl sites for hydroxylation is 1. The molecule has 1 atom stereocenters. The molecule has 1 aromatic rings. The summed E-state index contributed by atoms with van der Waals surface area (Å²) in [4.78, 5) is 0. The minimum Gasteiger partial charge on any atom is -1.00 e. The van der Waals surface area contributed by atoms with Crippen molar-refractivity contribution in [1.82, 2.24) is 9.78 Å². The Hall–Kier alpha value is -0.170. The number of unbranched alkanes of at least 4 members (excludes halogenated alkanes) is 7. The molecule has 1 rings (SSSR count). The first kappa shape index (κ1) is 20.8. The van der Waals surface area contributed by atoms with Gasteiger partial charge in [-0.2, -0.15) is 0 Å². The summed E-state index contributed by atoms with van der Waals surface area (Å²) in [7, 11) is 0. The minimum absolute atomic E-state index is 0. The van der Waals surface area contributed by atoms with Gasteiger partial charge < -0.3 is 29.1 Å². The second-order valence-corrected chi connectivity index (χ2v) is 5.74. The van der Waals surface area contributed by atoms with E-state index in [2.05, 4.69) is 16.6 Å². The molecule has 0 fully saturated rings. The number of aliphatic hydroxyl groups excluding tert-OH is 1. The minimum atomic E-state index is -0.286. The van der Waals surface area contributed by atoms with Crippen molar-refractivity contribution in [2.24, 2.45) is 0 Å². The van der Waals surface area contributed by atoms with Gasteiger partial charge in [-0.25, -0.2) is 4.57 Å². The quantitative estimate of drug-likeness (QED) is 0.302. The predicted octanol–water partition coefficient (Wildman–Crippen LogP) is 0.0862. The van der Waals surface area contributed by atoms with Gasteiger partial charge in [0.2, 0.25) is 6.33 Å². The van der Waals surface area contributed by atoms with E-state index in [0.717, 1.165) is 13.0 Å². The molecular weight excluding hydrogens is 377 g/mol. The molecule has 0 saturated heterocycles. The van der Waals surface area contributed by atoms with E-state index in [4.69, 9.17) is 0 Å². The van der Waals surface area contributed by atoms with Gasteiger partial charge in [0.05, 0.1) is 12.6 Å². The Morgan fingerprint density at radius 1 is 1.05 bits per heavy atom. The Labute approximate surface area is 147 Å². The number of aromatic nitrogens is 3. The Morgan fingerprint density at radius 2 is 1.67 bits per heavy atom. The van der Waals surface area contributed by atoms with Gasteiger partial charge in [0, 0.05) is 5.10 Å². The van der Waals surface area contributed by atoms with Gasteiger partial charge in [-0.05, 0) is 12.8 Å². The standard InChI is InChI=1S/C16H32N3O.HI/c1-3-5-6-7-8-9-10-11-12-18-14-17-19(15-18)13-16(20)4-2;/h14-16,20H,3-13H2,1-2H3;1H/q+1;/p-1/t16-;/m0./s1. The van der Waals surface area contributed by atoms with Crippen molar-refractivity contribution in [3.63, 3.8) is 0 Å². The third kappa shape index (κ3) is 10.2. The largest absolute Gasteiger partial charge is 1.00 e. The van der Waals surface area contributed by atoms with Crippen molar-refractivity contribution in [2.75, 3.05) is 0 Å². The fraction of sp³-hybridized carbons (Fsp3) is 0.875. The fourth-order valence-corrected chi connectivity index (χ4v) is 2.35. The van der Waals surface area contributed by atoms with E-state index in [1.807, 2.05) is 24.3 Å². The van der Waals surface area contributed by atoms with Crippen LogP contribution in [0.3, 0.4) is 0 Å². The van der Waals surface area contributed by atoms with Crippen LogP contribution >= 0.6 is 0 Å². The Balaban J connectivity index is 0.00000400. The van der Waals surface area contributed by atoms with E-state index in [9.17, 15) is 5.11 Å². The van der Waals surface area contributed by atoms with Gasteiger partial charge in [0.15, 0.2) is 0 Å². The Kier molecular flexibility index (Phi) is 13.4. The van der Waals surface area contributed by atoms with Crippen LogP contribution in [-0.4, -0.2) is 21.0 Å². The Bertz CT molecular complexity index is 344. The van der Waals surface area contributed by atoms with Crippen LogP contribution in [-0.2, 0) is 13.1 Å². The first-order chi connectivity index (χ1) is 9.76. The van der Waals surface area contributed by atoms with E-state index in [-0.39, 0.29) is 30.1 Å². The maximum Gasteiger partial charge on any atom is 0.265 e. The second kappa shape index (κ2) is 13.5. The van der Waals surface area contributed by atoms with Gasteiger partial charge in [-0.1, -0.05) is 58.8 Å². The summed E-state index contributed by atoms with van der Waals surface area (Å²) >= 11 is 0. The van der Waals surface area contributed by atoms with Crippen molar-refractivity contribution >= 4 is 0 Å². The van der Waals surface area contributed by atoms with Gasteiger partial charge in [-0.3, -0.25) is 0 Å². The Morgan fingerprint density at radius 3 is 2.29 bits per heavy atom. The smallest absolute Gasteiger partial charge is 0.265 e. The molecule has 0 aliphatic heterocycles. The van der Waals surface area contributed by atoms with Crippen LogP contribution < -0.4 is 28.5 Å². The highest BCUT2D eigenvalue weighted by atomic mass is 127.